The first-order valence-corrected chi connectivity index (χ1v) is 7.38. The molecule has 2 rings (SSSR count). The Morgan fingerprint density at radius 2 is 1.52 bits per heavy atom. The molecule has 0 heterocycles. The smallest absolute Gasteiger partial charge is 0.241 e. The van der Waals surface area contributed by atoms with Gasteiger partial charge in [-0.1, -0.05) is 74.0 Å². The van der Waals surface area contributed by atoms with Crippen LogP contribution in [0, 0.1) is 0 Å². The lowest BCUT2D eigenvalue weighted by atomic mass is 10.0. The molecule has 0 aliphatic carbocycles. The molecule has 2 aromatic rings. The van der Waals surface area contributed by atoms with Crippen molar-refractivity contribution in [2.75, 3.05) is 0 Å². The lowest BCUT2D eigenvalue weighted by molar-refractivity contribution is -0.123. The van der Waals surface area contributed by atoms with E-state index >= 15 is 0 Å². The van der Waals surface area contributed by atoms with Gasteiger partial charge in [-0.15, -0.1) is 0 Å². The van der Waals surface area contributed by atoms with Crippen LogP contribution in [0.2, 0.25) is 0 Å². The molecule has 0 fully saturated rings. The molecular formula is C18H22N2O. The second-order valence-corrected chi connectivity index (χ2v) is 5.15. The fraction of sp³-hybridized carbons (Fsp3) is 0.278. The van der Waals surface area contributed by atoms with Crippen molar-refractivity contribution in [1.82, 2.24) is 5.32 Å². The molecule has 21 heavy (non-hydrogen) atoms. The average Bonchev–Trinajstić information content (AvgIpc) is 2.55. The maximum atomic E-state index is 12.4. The predicted octanol–water partition coefficient (Wildman–Crippen LogP) is 3.34. The third-order valence-electron chi connectivity index (χ3n) is 3.54. The van der Waals surface area contributed by atoms with Gasteiger partial charge in [0.25, 0.3) is 0 Å². The number of carbonyl (C=O) groups is 1. The summed E-state index contributed by atoms with van der Waals surface area (Å²) < 4.78 is 0. The van der Waals surface area contributed by atoms with E-state index in [0.29, 0.717) is 0 Å². The summed E-state index contributed by atoms with van der Waals surface area (Å²) in [5.41, 5.74) is 8.00. The van der Waals surface area contributed by atoms with Gasteiger partial charge in [-0.05, 0) is 17.5 Å². The number of amides is 1. The summed E-state index contributed by atoms with van der Waals surface area (Å²) in [5.74, 6) is -0.136. The van der Waals surface area contributed by atoms with Gasteiger partial charge >= 0.3 is 0 Å². The fourth-order valence-electron chi connectivity index (χ4n) is 2.37. The quantitative estimate of drug-likeness (QED) is 0.853. The standard InChI is InChI=1S/C18H22N2O/c1-2-9-16(14-10-5-3-6-11-14)20-18(21)17(19)15-12-7-4-8-13-15/h3-8,10-13,16-17H,2,9,19H2,1H3,(H,20,21)/t16?,17-/m1/s1. The van der Waals surface area contributed by atoms with E-state index in [1.54, 1.807) is 0 Å². The minimum Gasteiger partial charge on any atom is -0.348 e. The fourth-order valence-corrected chi connectivity index (χ4v) is 2.37. The predicted molar refractivity (Wildman–Crippen MR) is 85.6 cm³/mol. The molecule has 1 amide bonds. The van der Waals surface area contributed by atoms with Crippen LogP contribution in [0.15, 0.2) is 60.7 Å². The van der Waals surface area contributed by atoms with Crippen LogP contribution in [0.25, 0.3) is 0 Å². The van der Waals surface area contributed by atoms with Crippen LogP contribution in [0.3, 0.4) is 0 Å². The average molecular weight is 282 g/mol. The van der Waals surface area contributed by atoms with Crippen LogP contribution in [-0.2, 0) is 4.79 Å². The number of carbonyl (C=O) groups excluding carboxylic acids is 1. The summed E-state index contributed by atoms with van der Waals surface area (Å²) in [5, 5.41) is 3.07. The molecule has 0 radical (unpaired) electrons. The third-order valence-corrected chi connectivity index (χ3v) is 3.54. The van der Waals surface area contributed by atoms with Crippen LogP contribution in [0.1, 0.15) is 43.0 Å². The SMILES string of the molecule is CCCC(NC(=O)[C@H](N)c1ccccc1)c1ccccc1. The first-order chi connectivity index (χ1) is 10.2. The second-order valence-electron chi connectivity index (χ2n) is 5.15. The zero-order chi connectivity index (χ0) is 15.1. The highest BCUT2D eigenvalue weighted by molar-refractivity contribution is 5.83. The molecule has 0 aliphatic heterocycles. The Kier molecular flexibility index (Phi) is 5.52. The van der Waals surface area contributed by atoms with Crippen LogP contribution >= 0.6 is 0 Å². The Morgan fingerprint density at radius 1 is 1.00 bits per heavy atom. The molecule has 0 bridgehead atoms. The van der Waals surface area contributed by atoms with E-state index in [0.717, 1.165) is 24.0 Å². The molecule has 0 aromatic heterocycles. The minimum atomic E-state index is -0.630. The van der Waals surface area contributed by atoms with Crippen molar-refractivity contribution in [1.29, 1.82) is 0 Å². The number of benzene rings is 2. The topological polar surface area (TPSA) is 55.1 Å². The highest BCUT2D eigenvalue weighted by Crippen LogP contribution is 2.19. The van der Waals surface area contributed by atoms with Crippen molar-refractivity contribution in [3.8, 4) is 0 Å². The summed E-state index contributed by atoms with van der Waals surface area (Å²) in [6.45, 7) is 2.11. The van der Waals surface area contributed by atoms with Gasteiger partial charge < -0.3 is 11.1 Å². The van der Waals surface area contributed by atoms with Gasteiger partial charge in [-0.2, -0.15) is 0 Å². The Balaban J connectivity index is 2.08. The van der Waals surface area contributed by atoms with Gasteiger partial charge in [0.05, 0.1) is 6.04 Å². The van der Waals surface area contributed by atoms with E-state index in [9.17, 15) is 4.79 Å². The van der Waals surface area contributed by atoms with E-state index in [-0.39, 0.29) is 11.9 Å². The molecule has 0 aliphatic rings. The summed E-state index contributed by atoms with van der Waals surface area (Å²) in [7, 11) is 0. The van der Waals surface area contributed by atoms with Crippen LogP contribution in [0.5, 0.6) is 0 Å². The molecule has 0 saturated heterocycles. The van der Waals surface area contributed by atoms with Crippen molar-refractivity contribution in [3.63, 3.8) is 0 Å². The number of nitrogens with one attached hydrogen (secondary N) is 1. The van der Waals surface area contributed by atoms with Gasteiger partial charge in [-0.25, -0.2) is 0 Å². The maximum absolute atomic E-state index is 12.4. The Bertz CT molecular complexity index is 554. The first-order valence-electron chi connectivity index (χ1n) is 7.38. The Hall–Kier alpha value is -2.13. The van der Waals surface area contributed by atoms with E-state index in [4.69, 9.17) is 5.73 Å². The maximum Gasteiger partial charge on any atom is 0.241 e. The zero-order valence-electron chi connectivity index (χ0n) is 12.3. The van der Waals surface area contributed by atoms with E-state index in [1.807, 2.05) is 60.7 Å². The molecular weight excluding hydrogens is 260 g/mol. The number of rotatable bonds is 6. The summed E-state index contributed by atoms with van der Waals surface area (Å²) in [6, 6.07) is 18.9. The molecule has 110 valence electrons. The number of nitrogens with two attached hydrogens (primary N) is 1. The number of hydrogen-bond acceptors (Lipinski definition) is 2. The van der Waals surface area contributed by atoms with Crippen molar-refractivity contribution in [2.45, 2.75) is 31.8 Å². The first kappa shape index (κ1) is 15.3. The van der Waals surface area contributed by atoms with Gasteiger partial charge in [0.1, 0.15) is 6.04 Å². The summed E-state index contributed by atoms with van der Waals surface area (Å²) >= 11 is 0. The molecule has 3 N–H and O–H groups in total. The monoisotopic (exact) mass is 282 g/mol. The van der Waals surface area contributed by atoms with Crippen LogP contribution < -0.4 is 11.1 Å². The van der Waals surface area contributed by atoms with Crippen LogP contribution in [-0.4, -0.2) is 5.91 Å². The van der Waals surface area contributed by atoms with E-state index in [1.165, 1.54) is 0 Å². The molecule has 2 aromatic carbocycles. The highest BCUT2D eigenvalue weighted by atomic mass is 16.2. The van der Waals surface area contributed by atoms with Crippen molar-refractivity contribution >= 4 is 5.91 Å². The van der Waals surface area contributed by atoms with E-state index < -0.39 is 6.04 Å². The van der Waals surface area contributed by atoms with Crippen LogP contribution in [0.4, 0.5) is 0 Å². The highest BCUT2D eigenvalue weighted by Gasteiger charge is 2.19. The Morgan fingerprint density at radius 3 is 2.05 bits per heavy atom. The zero-order valence-corrected chi connectivity index (χ0v) is 12.3. The summed E-state index contributed by atoms with van der Waals surface area (Å²) in [4.78, 5) is 12.4. The summed E-state index contributed by atoms with van der Waals surface area (Å²) in [6.07, 6.45) is 1.90. The van der Waals surface area contributed by atoms with Crippen molar-refractivity contribution in [2.24, 2.45) is 5.73 Å². The van der Waals surface area contributed by atoms with Gasteiger partial charge in [-0.3, -0.25) is 4.79 Å². The van der Waals surface area contributed by atoms with Crippen molar-refractivity contribution in [3.05, 3.63) is 71.8 Å². The third kappa shape index (κ3) is 4.17. The van der Waals surface area contributed by atoms with Gasteiger partial charge in [0.2, 0.25) is 5.91 Å². The molecule has 3 heteroatoms. The molecule has 0 spiro atoms. The molecule has 0 saturated carbocycles. The van der Waals surface area contributed by atoms with Gasteiger partial charge in [0.15, 0.2) is 0 Å². The molecule has 2 atom stereocenters. The Labute approximate surface area is 126 Å². The van der Waals surface area contributed by atoms with E-state index in [2.05, 4.69) is 12.2 Å². The lowest BCUT2D eigenvalue weighted by Crippen LogP contribution is -2.36. The lowest BCUT2D eigenvalue weighted by Gasteiger charge is -2.21. The normalized spacial score (nSPS) is 13.4. The molecule has 3 nitrogen and oxygen atoms in total. The molecule has 1 unspecified atom stereocenters. The van der Waals surface area contributed by atoms with Gasteiger partial charge in [0, 0.05) is 0 Å². The van der Waals surface area contributed by atoms with Crippen molar-refractivity contribution < 1.29 is 4.79 Å². The minimum absolute atomic E-state index is 0.0125. The largest absolute Gasteiger partial charge is 0.348 e. The number of hydrogen-bond donors (Lipinski definition) is 2. The second kappa shape index (κ2) is 7.60.